The van der Waals surface area contributed by atoms with E-state index in [0.717, 1.165) is 5.56 Å². The predicted molar refractivity (Wildman–Crippen MR) is 150 cm³/mol. The van der Waals surface area contributed by atoms with Gasteiger partial charge in [0.2, 0.25) is 5.91 Å². The standard InChI is InChI=1S/C31H44N2O9/c1-20-21(2)40-30(39-20)15-11-28(12-16-30,33-27(36)38-19-24-9-7-6-8-10-24)25(34)32-29(26(35)37-5)13-17-31(18-14-29)41-22(3)23(4)42-31/h6-10,20-23H,11-19H2,1-5H3,(H,32,34)(H,33,36)/t20-,21-,22-,23-/m1/s1. The van der Waals surface area contributed by atoms with Crippen molar-refractivity contribution in [2.24, 2.45) is 0 Å². The van der Waals surface area contributed by atoms with E-state index in [-0.39, 0.29) is 56.7 Å². The van der Waals surface area contributed by atoms with E-state index in [1.165, 1.54) is 7.11 Å². The third-order valence-electron chi connectivity index (χ3n) is 9.57. The molecule has 2 aliphatic carbocycles. The van der Waals surface area contributed by atoms with E-state index < -0.39 is 40.6 Å². The molecule has 4 fully saturated rings. The molecule has 2 saturated carbocycles. The molecule has 4 aliphatic rings. The number of rotatable bonds is 6. The molecule has 0 aromatic heterocycles. The summed E-state index contributed by atoms with van der Waals surface area (Å²) >= 11 is 0. The quantitative estimate of drug-likeness (QED) is 0.476. The second-order valence-corrected chi connectivity index (χ2v) is 12.4. The number of benzene rings is 1. The predicted octanol–water partition coefficient (Wildman–Crippen LogP) is 3.87. The minimum atomic E-state index is -1.35. The average Bonchev–Trinajstić information content (AvgIpc) is 3.42. The van der Waals surface area contributed by atoms with Crippen molar-refractivity contribution < 1.29 is 42.8 Å². The van der Waals surface area contributed by atoms with Gasteiger partial charge in [0.05, 0.1) is 31.5 Å². The first-order valence-electron chi connectivity index (χ1n) is 15.0. The molecule has 2 heterocycles. The fourth-order valence-electron chi connectivity index (χ4n) is 6.66. The highest BCUT2D eigenvalue weighted by Gasteiger charge is 2.58. The van der Waals surface area contributed by atoms with Crippen LogP contribution in [0, 0.1) is 0 Å². The van der Waals surface area contributed by atoms with Crippen molar-refractivity contribution in [1.82, 2.24) is 10.6 Å². The molecule has 2 spiro atoms. The first-order valence-corrected chi connectivity index (χ1v) is 15.0. The molecule has 2 N–H and O–H groups in total. The second-order valence-electron chi connectivity index (χ2n) is 12.4. The Hall–Kier alpha value is -2.73. The monoisotopic (exact) mass is 588 g/mol. The summed E-state index contributed by atoms with van der Waals surface area (Å²) in [6.07, 6.45) is 1.59. The van der Waals surface area contributed by atoms with Gasteiger partial charge in [0.1, 0.15) is 17.7 Å². The zero-order valence-corrected chi connectivity index (χ0v) is 25.2. The van der Waals surface area contributed by atoms with Crippen molar-refractivity contribution in [2.45, 2.75) is 133 Å². The van der Waals surface area contributed by atoms with Crippen LogP contribution in [0.5, 0.6) is 0 Å². The van der Waals surface area contributed by atoms with Gasteiger partial charge in [0.15, 0.2) is 11.6 Å². The summed E-state index contributed by atoms with van der Waals surface area (Å²) in [5.74, 6) is -2.62. The Bertz CT molecular complexity index is 1120. The number of amides is 2. The lowest BCUT2D eigenvalue weighted by Crippen LogP contribution is -2.68. The maximum atomic E-state index is 14.2. The van der Waals surface area contributed by atoms with Gasteiger partial charge in [0.25, 0.3) is 0 Å². The van der Waals surface area contributed by atoms with Crippen LogP contribution in [-0.2, 0) is 44.6 Å². The molecule has 42 heavy (non-hydrogen) atoms. The first kappa shape index (κ1) is 30.7. The summed E-state index contributed by atoms with van der Waals surface area (Å²) in [5.41, 5.74) is -1.81. The molecule has 1 aromatic rings. The molecule has 0 radical (unpaired) electrons. The lowest BCUT2D eigenvalue weighted by Gasteiger charge is -2.46. The third-order valence-corrected chi connectivity index (χ3v) is 9.57. The Labute approximate surface area is 247 Å². The van der Waals surface area contributed by atoms with E-state index in [0.29, 0.717) is 25.7 Å². The molecule has 232 valence electrons. The fraction of sp³-hybridized carbons (Fsp3) is 0.710. The van der Waals surface area contributed by atoms with E-state index >= 15 is 0 Å². The van der Waals surface area contributed by atoms with Crippen molar-refractivity contribution in [1.29, 1.82) is 0 Å². The van der Waals surface area contributed by atoms with E-state index in [4.69, 9.17) is 28.4 Å². The van der Waals surface area contributed by atoms with E-state index in [1.807, 2.05) is 58.0 Å². The SMILES string of the molecule is COC(=O)C1(NC(=O)C2(NC(=O)OCc3ccccc3)CCC3(CC2)O[C@H](C)[C@@H](C)O3)CCC2(CC1)O[C@H](C)[C@@H](C)O2. The summed E-state index contributed by atoms with van der Waals surface area (Å²) in [4.78, 5) is 40.6. The summed E-state index contributed by atoms with van der Waals surface area (Å²) in [6, 6.07) is 9.31. The Morgan fingerprint density at radius 1 is 0.714 bits per heavy atom. The van der Waals surface area contributed by atoms with Gasteiger partial charge in [-0.1, -0.05) is 30.3 Å². The van der Waals surface area contributed by atoms with Gasteiger partial charge in [-0.25, -0.2) is 9.59 Å². The van der Waals surface area contributed by atoms with Crippen LogP contribution in [0.3, 0.4) is 0 Å². The minimum Gasteiger partial charge on any atom is -0.467 e. The number of carbonyl (C=O) groups excluding carboxylic acids is 3. The molecular weight excluding hydrogens is 544 g/mol. The lowest BCUT2D eigenvalue weighted by atomic mass is 9.75. The van der Waals surface area contributed by atoms with Gasteiger partial charge >= 0.3 is 12.1 Å². The summed E-state index contributed by atoms with van der Waals surface area (Å²) in [5, 5.41) is 5.89. The molecule has 11 heteroatoms. The highest BCUT2D eigenvalue weighted by atomic mass is 16.8. The zero-order valence-electron chi connectivity index (χ0n) is 25.2. The van der Waals surface area contributed by atoms with Crippen molar-refractivity contribution in [2.75, 3.05) is 7.11 Å². The highest BCUT2D eigenvalue weighted by Crippen LogP contribution is 2.46. The van der Waals surface area contributed by atoms with Crippen LogP contribution in [0.15, 0.2) is 30.3 Å². The molecule has 11 nitrogen and oxygen atoms in total. The number of carbonyl (C=O) groups is 3. The van der Waals surface area contributed by atoms with Crippen LogP contribution in [0.2, 0.25) is 0 Å². The van der Waals surface area contributed by atoms with Gasteiger partial charge in [-0.2, -0.15) is 0 Å². The number of nitrogens with one attached hydrogen (secondary N) is 2. The smallest absolute Gasteiger partial charge is 0.408 e. The number of esters is 1. The Morgan fingerprint density at radius 3 is 1.62 bits per heavy atom. The molecule has 5 rings (SSSR count). The molecule has 4 atom stereocenters. The van der Waals surface area contributed by atoms with E-state index in [1.54, 1.807) is 0 Å². The van der Waals surface area contributed by atoms with Gasteiger partial charge in [-0.15, -0.1) is 0 Å². The van der Waals surface area contributed by atoms with Crippen molar-refractivity contribution >= 4 is 18.0 Å². The van der Waals surface area contributed by atoms with Crippen LogP contribution in [0.4, 0.5) is 4.79 Å². The fourth-order valence-corrected chi connectivity index (χ4v) is 6.66. The van der Waals surface area contributed by atoms with Crippen molar-refractivity contribution in [3.8, 4) is 0 Å². The molecule has 1 aromatic carbocycles. The van der Waals surface area contributed by atoms with Crippen molar-refractivity contribution in [3.63, 3.8) is 0 Å². The van der Waals surface area contributed by atoms with Crippen LogP contribution in [0.1, 0.15) is 84.6 Å². The molecule has 0 bridgehead atoms. The van der Waals surface area contributed by atoms with Crippen molar-refractivity contribution in [3.05, 3.63) is 35.9 Å². The van der Waals surface area contributed by atoms with Crippen LogP contribution in [-0.4, -0.2) is 72.1 Å². The van der Waals surface area contributed by atoms with Crippen LogP contribution >= 0.6 is 0 Å². The summed E-state index contributed by atoms with van der Waals surface area (Å²) < 4.78 is 35.4. The van der Waals surface area contributed by atoms with Crippen LogP contribution < -0.4 is 10.6 Å². The molecule has 2 saturated heterocycles. The Morgan fingerprint density at radius 2 is 1.17 bits per heavy atom. The molecule has 2 aliphatic heterocycles. The van der Waals surface area contributed by atoms with E-state index in [9.17, 15) is 14.4 Å². The number of ether oxygens (including phenoxy) is 6. The largest absolute Gasteiger partial charge is 0.467 e. The lowest BCUT2D eigenvalue weighted by molar-refractivity contribution is -0.207. The number of hydrogen-bond donors (Lipinski definition) is 2. The molecule has 2 amide bonds. The minimum absolute atomic E-state index is 0.0561. The summed E-state index contributed by atoms with van der Waals surface area (Å²) in [6.45, 7) is 7.90. The maximum absolute atomic E-state index is 14.2. The average molecular weight is 589 g/mol. The van der Waals surface area contributed by atoms with Crippen LogP contribution in [0.25, 0.3) is 0 Å². The van der Waals surface area contributed by atoms with E-state index in [2.05, 4.69) is 10.6 Å². The number of methoxy groups -OCH3 is 1. The molecular formula is C31H44N2O9. The van der Waals surface area contributed by atoms with Gasteiger partial charge in [-0.3, -0.25) is 4.79 Å². The number of hydrogen-bond acceptors (Lipinski definition) is 9. The van der Waals surface area contributed by atoms with Gasteiger partial charge in [0, 0.05) is 25.7 Å². The second kappa shape index (κ2) is 11.7. The maximum Gasteiger partial charge on any atom is 0.408 e. The van der Waals surface area contributed by atoms with Gasteiger partial charge < -0.3 is 39.1 Å². The zero-order chi connectivity index (χ0) is 30.2. The number of alkyl carbamates (subject to hydrolysis) is 1. The summed E-state index contributed by atoms with van der Waals surface area (Å²) in [7, 11) is 1.31. The Balaban J connectivity index is 1.33. The normalized spacial score (nSPS) is 32.8. The first-order chi connectivity index (χ1) is 19.9. The van der Waals surface area contributed by atoms with Gasteiger partial charge in [-0.05, 0) is 58.9 Å². The highest BCUT2D eigenvalue weighted by molar-refractivity contribution is 5.95. The third kappa shape index (κ3) is 6.02. The topological polar surface area (TPSA) is 131 Å². The Kier molecular flexibility index (Phi) is 8.59. The molecule has 0 unspecified atom stereocenters.